The van der Waals surface area contributed by atoms with E-state index in [0.717, 1.165) is 13.1 Å². The van der Waals surface area contributed by atoms with Crippen molar-refractivity contribution >= 4 is 5.97 Å². The number of rotatable bonds is 5. The molecule has 84 valence electrons. The molecule has 14 heavy (non-hydrogen) atoms. The van der Waals surface area contributed by atoms with E-state index in [0.29, 0.717) is 0 Å². The number of hydrogen-bond acceptors (Lipinski definition) is 3. The topological polar surface area (TPSA) is 43.8 Å². The number of nitrogens with zero attached hydrogens (tertiary/aromatic N) is 2. The molecule has 4 heteroatoms. The van der Waals surface area contributed by atoms with Crippen molar-refractivity contribution in [2.75, 3.05) is 33.7 Å². The van der Waals surface area contributed by atoms with Crippen molar-refractivity contribution in [3.05, 3.63) is 0 Å². The lowest BCUT2D eigenvalue weighted by atomic mass is 10.1. The minimum absolute atomic E-state index is 0.0889. The highest BCUT2D eigenvalue weighted by Crippen LogP contribution is 2.12. The molecule has 0 amide bonds. The molecule has 0 radical (unpaired) electrons. The first-order valence-corrected chi connectivity index (χ1v) is 4.85. The van der Waals surface area contributed by atoms with Gasteiger partial charge in [-0.25, -0.2) is 0 Å². The van der Waals surface area contributed by atoms with Crippen LogP contribution in [0.5, 0.6) is 0 Å². The predicted molar refractivity (Wildman–Crippen MR) is 57.5 cm³/mol. The van der Waals surface area contributed by atoms with E-state index in [9.17, 15) is 4.79 Å². The summed E-state index contributed by atoms with van der Waals surface area (Å²) in [5.74, 6) is -0.765. The molecule has 0 aromatic carbocycles. The van der Waals surface area contributed by atoms with Gasteiger partial charge in [0, 0.05) is 18.6 Å². The number of carboxylic acid groups (broad SMARTS) is 1. The van der Waals surface area contributed by atoms with Gasteiger partial charge < -0.3 is 10.0 Å². The summed E-state index contributed by atoms with van der Waals surface area (Å²) in [6.45, 7) is 7.87. The fourth-order valence-corrected chi connectivity index (χ4v) is 1.14. The summed E-state index contributed by atoms with van der Waals surface area (Å²) in [4.78, 5) is 14.7. The lowest BCUT2D eigenvalue weighted by Gasteiger charge is -2.35. The Hall–Kier alpha value is -0.610. The average Bonchev–Trinajstić information content (AvgIpc) is 1.94. The molecule has 0 aromatic heterocycles. The summed E-state index contributed by atoms with van der Waals surface area (Å²) in [6.07, 6.45) is 0. The van der Waals surface area contributed by atoms with Crippen LogP contribution in [0.4, 0.5) is 0 Å². The van der Waals surface area contributed by atoms with E-state index in [-0.39, 0.29) is 12.1 Å². The van der Waals surface area contributed by atoms with Gasteiger partial charge in [0.05, 0.1) is 6.54 Å². The zero-order valence-corrected chi connectivity index (χ0v) is 9.87. The van der Waals surface area contributed by atoms with Gasteiger partial charge in [-0.15, -0.1) is 0 Å². The van der Waals surface area contributed by atoms with Crippen LogP contribution in [0.25, 0.3) is 0 Å². The van der Waals surface area contributed by atoms with Crippen LogP contribution in [0.1, 0.15) is 20.8 Å². The SMILES string of the molecule is CN(C)CCN(CC(=O)O)C(C)(C)C. The summed E-state index contributed by atoms with van der Waals surface area (Å²) >= 11 is 0. The van der Waals surface area contributed by atoms with E-state index in [4.69, 9.17) is 5.11 Å². The quantitative estimate of drug-likeness (QED) is 0.714. The molecule has 0 aliphatic rings. The smallest absolute Gasteiger partial charge is 0.317 e. The second-order valence-corrected chi connectivity index (χ2v) is 4.79. The zero-order chi connectivity index (χ0) is 11.4. The molecule has 4 nitrogen and oxygen atoms in total. The minimum Gasteiger partial charge on any atom is -0.480 e. The lowest BCUT2D eigenvalue weighted by molar-refractivity contribution is -0.139. The van der Waals surface area contributed by atoms with Crippen molar-refractivity contribution in [1.82, 2.24) is 9.80 Å². The first-order chi connectivity index (χ1) is 6.23. The van der Waals surface area contributed by atoms with Crippen LogP contribution in [-0.4, -0.2) is 60.1 Å². The molecule has 0 rings (SSSR count). The zero-order valence-electron chi connectivity index (χ0n) is 9.87. The molecule has 0 heterocycles. The van der Waals surface area contributed by atoms with Crippen molar-refractivity contribution in [3.63, 3.8) is 0 Å². The minimum atomic E-state index is -0.765. The summed E-state index contributed by atoms with van der Waals surface area (Å²) in [5, 5.41) is 8.76. The molecule has 0 aromatic rings. The second kappa shape index (κ2) is 5.32. The molecule has 0 saturated carbocycles. The molecule has 0 saturated heterocycles. The van der Waals surface area contributed by atoms with Gasteiger partial charge in [0.1, 0.15) is 0 Å². The van der Waals surface area contributed by atoms with Crippen molar-refractivity contribution in [1.29, 1.82) is 0 Å². The van der Waals surface area contributed by atoms with Gasteiger partial charge in [-0.05, 0) is 34.9 Å². The Bertz CT molecular complexity index is 185. The molecular weight excluding hydrogens is 180 g/mol. The number of hydrogen-bond donors (Lipinski definition) is 1. The Morgan fingerprint density at radius 3 is 2.00 bits per heavy atom. The molecular formula is C10H22N2O2. The van der Waals surface area contributed by atoms with E-state index in [2.05, 4.69) is 4.90 Å². The summed E-state index contributed by atoms with van der Waals surface area (Å²) in [7, 11) is 3.98. The van der Waals surface area contributed by atoms with E-state index < -0.39 is 5.97 Å². The predicted octanol–water partition coefficient (Wildman–Crippen LogP) is 0.733. The molecule has 0 unspecified atom stereocenters. The number of carbonyl (C=O) groups is 1. The molecule has 0 bridgehead atoms. The lowest BCUT2D eigenvalue weighted by Crippen LogP contribution is -2.47. The van der Waals surface area contributed by atoms with Gasteiger partial charge in [-0.3, -0.25) is 9.69 Å². The highest BCUT2D eigenvalue weighted by Gasteiger charge is 2.22. The van der Waals surface area contributed by atoms with Crippen LogP contribution < -0.4 is 0 Å². The third-order valence-electron chi connectivity index (χ3n) is 2.09. The van der Waals surface area contributed by atoms with Crippen LogP contribution in [0.3, 0.4) is 0 Å². The van der Waals surface area contributed by atoms with Crippen LogP contribution in [0, 0.1) is 0 Å². The molecule has 0 atom stereocenters. The van der Waals surface area contributed by atoms with Crippen LogP contribution >= 0.6 is 0 Å². The maximum Gasteiger partial charge on any atom is 0.317 e. The third kappa shape index (κ3) is 5.94. The highest BCUT2D eigenvalue weighted by molar-refractivity contribution is 5.69. The van der Waals surface area contributed by atoms with E-state index >= 15 is 0 Å². The Morgan fingerprint density at radius 1 is 1.21 bits per heavy atom. The van der Waals surface area contributed by atoms with Crippen LogP contribution in [0.2, 0.25) is 0 Å². The third-order valence-corrected chi connectivity index (χ3v) is 2.09. The largest absolute Gasteiger partial charge is 0.480 e. The maximum absolute atomic E-state index is 10.6. The van der Waals surface area contributed by atoms with Gasteiger partial charge >= 0.3 is 5.97 Å². The molecule has 0 fully saturated rings. The van der Waals surface area contributed by atoms with E-state index in [1.807, 2.05) is 39.8 Å². The van der Waals surface area contributed by atoms with Crippen LogP contribution in [0.15, 0.2) is 0 Å². The van der Waals surface area contributed by atoms with Crippen molar-refractivity contribution < 1.29 is 9.90 Å². The molecule has 0 aliphatic carbocycles. The van der Waals surface area contributed by atoms with E-state index in [1.54, 1.807) is 0 Å². The Balaban J connectivity index is 4.19. The fraction of sp³-hybridized carbons (Fsp3) is 0.900. The Labute approximate surface area is 86.5 Å². The number of aliphatic carboxylic acids is 1. The van der Waals surface area contributed by atoms with Gasteiger partial charge in [0.2, 0.25) is 0 Å². The Morgan fingerprint density at radius 2 is 1.71 bits per heavy atom. The van der Waals surface area contributed by atoms with Crippen molar-refractivity contribution in [2.24, 2.45) is 0 Å². The number of carboxylic acids is 1. The fourth-order valence-electron chi connectivity index (χ4n) is 1.14. The highest BCUT2D eigenvalue weighted by atomic mass is 16.4. The van der Waals surface area contributed by atoms with Gasteiger partial charge in [0.25, 0.3) is 0 Å². The standard InChI is InChI=1S/C10H22N2O2/c1-10(2,3)12(8-9(13)14)7-6-11(4)5/h6-8H2,1-5H3,(H,13,14). The first kappa shape index (κ1) is 13.4. The summed E-state index contributed by atoms with van der Waals surface area (Å²) in [5.41, 5.74) is -0.0889. The molecule has 0 spiro atoms. The first-order valence-electron chi connectivity index (χ1n) is 4.85. The van der Waals surface area contributed by atoms with Crippen molar-refractivity contribution in [2.45, 2.75) is 26.3 Å². The normalized spacial score (nSPS) is 12.5. The summed E-state index contributed by atoms with van der Waals surface area (Å²) < 4.78 is 0. The second-order valence-electron chi connectivity index (χ2n) is 4.79. The van der Waals surface area contributed by atoms with Crippen molar-refractivity contribution in [3.8, 4) is 0 Å². The van der Waals surface area contributed by atoms with Gasteiger partial charge in [-0.1, -0.05) is 0 Å². The van der Waals surface area contributed by atoms with Gasteiger partial charge in [-0.2, -0.15) is 0 Å². The maximum atomic E-state index is 10.6. The average molecular weight is 202 g/mol. The monoisotopic (exact) mass is 202 g/mol. The number of likely N-dealkylation sites (N-methyl/N-ethyl adjacent to an activating group) is 1. The van der Waals surface area contributed by atoms with E-state index in [1.165, 1.54) is 0 Å². The van der Waals surface area contributed by atoms with Gasteiger partial charge in [0.15, 0.2) is 0 Å². The molecule has 1 N–H and O–H groups in total. The van der Waals surface area contributed by atoms with Crippen LogP contribution in [-0.2, 0) is 4.79 Å². The summed E-state index contributed by atoms with van der Waals surface area (Å²) in [6, 6.07) is 0. The molecule has 0 aliphatic heterocycles. The Kier molecular flexibility index (Phi) is 5.08.